The standard InChI is InChI=1S/C16H23BrFN/c1-2-12-3-5-13(6-4-12)10-19-11-14-7-15(17)9-16(18)8-14/h7-9,12-13,19H,2-6,10-11H2,1H3. The Bertz CT molecular complexity index is 379. The molecule has 1 N–H and O–H groups in total. The molecule has 0 saturated heterocycles. The van der Waals surface area contributed by atoms with Crippen LogP contribution in [0.2, 0.25) is 0 Å². The van der Waals surface area contributed by atoms with Crippen LogP contribution in [0.5, 0.6) is 0 Å². The molecule has 106 valence electrons. The minimum absolute atomic E-state index is 0.172. The number of hydrogen-bond donors (Lipinski definition) is 1. The van der Waals surface area contributed by atoms with Gasteiger partial charge in [0, 0.05) is 11.0 Å². The summed E-state index contributed by atoms with van der Waals surface area (Å²) >= 11 is 3.33. The second-order valence-electron chi connectivity index (χ2n) is 5.70. The van der Waals surface area contributed by atoms with Crippen molar-refractivity contribution >= 4 is 15.9 Å². The van der Waals surface area contributed by atoms with Crippen molar-refractivity contribution in [1.29, 1.82) is 0 Å². The maximum absolute atomic E-state index is 13.2. The summed E-state index contributed by atoms with van der Waals surface area (Å²) in [5, 5.41) is 3.47. The molecule has 0 bridgehead atoms. The third-order valence-corrected chi connectivity index (χ3v) is 4.69. The van der Waals surface area contributed by atoms with Crippen LogP contribution in [0.3, 0.4) is 0 Å². The number of hydrogen-bond acceptors (Lipinski definition) is 1. The third-order valence-electron chi connectivity index (χ3n) is 4.23. The average molecular weight is 328 g/mol. The molecule has 1 aliphatic rings. The Morgan fingerprint density at radius 3 is 2.47 bits per heavy atom. The Morgan fingerprint density at radius 2 is 1.84 bits per heavy atom. The fourth-order valence-electron chi connectivity index (χ4n) is 2.98. The molecule has 0 heterocycles. The first-order valence-electron chi connectivity index (χ1n) is 7.33. The average Bonchev–Trinajstić information content (AvgIpc) is 2.38. The van der Waals surface area contributed by atoms with Gasteiger partial charge in [0.1, 0.15) is 5.82 Å². The molecule has 0 unspecified atom stereocenters. The van der Waals surface area contributed by atoms with Gasteiger partial charge in [0.15, 0.2) is 0 Å². The lowest BCUT2D eigenvalue weighted by Crippen LogP contribution is -2.26. The summed E-state index contributed by atoms with van der Waals surface area (Å²) in [7, 11) is 0. The lowest BCUT2D eigenvalue weighted by atomic mass is 9.81. The molecule has 2 rings (SSSR count). The number of halogens is 2. The van der Waals surface area contributed by atoms with Gasteiger partial charge >= 0.3 is 0 Å². The molecule has 0 atom stereocenters. The van der Waals surface area contributed by atoms with E-state index in [4.69, 9.17) is 0 Å². The Kier molecular flexibility index (Phi) is 5.83. The smallest absolute Gasteiger partial charge is 0.124 e. The van der Waals surface area contributed by atoms with Crippen LogP contribution in [0.4, 0.5) is 4.39 Å². The second-order valence-corrected chi connectivity index (χ2v) is 6.62. The Hall–Kier alpha value is -0.410. The van der Waals surface area contributed by atoms with Gasteiger partial charge in [-0.15, -0.1) is 0 Å². The molecule has 0 radical (unpaired) electrons. The molecule has 0 spiro atoms. The lowest BCUT2D eigenvalue weighted by molar-refractivity contribution is 0.262. The van der Waals surface area contributed by atoms with Gasteiger partial charge in [-0.1, -0.05) is 42.1 Å². The zero-order chi connectivity index (χ0) is 13.7. The molecule has 1 aliphatic carbocycles. The monoisotopic (exact) mass is 327 g/mol. The summed E-state index contributed by atoms with van der Waals surface area (Å²) in [5.41, 5.74) is 1.01. The van der Waals surface area contributed by atoms with E-state index in [0.717, 1.165) is 35.0 Å². The van der Waals surface area contributed by atoms with Gasteiger partial charge in [-0.25, -0.2) is 4.39 Å². The van der Waals surface area contributed by atoms with Crippen molar-refractivity contribution in [3.8, 4) is 0 Å². The SMILES string of the molecule is CCC1CCC(CNCc2cc(F)cc(Br)c2)CC1. The van der Waals surface area contributed by atoms with Crippen molar-refractivity contribution in [3.63, 3.8) is 0 Å². The van der Waals surface area contributed by atoms with Crippen LogP contribution in [-0.4, -0.2) is 6.54 Å². The van der Waals surface area contributed by atoms with E-state index < -0.39 is 0 Å². The predicted molar refractivity (Wildman–Crippen MR) is 81.5 cm³/mol. The molecule has 1 fully saturated rings. The minimum Gasteiger partial charge on any atom is -0.312 e. The summed E-state index contributed by atoms with van der Waals surface area (Å²) in [6.45, 7) is 4.11. The quantitative estimate of drug-likeness (QED) is 0.811. The van der Waals surface area contributed by atoms with Gasteiger partial charge < -0.3 is 5.32 Å². The summed E-state index contributed by atoms with van der Waals surface area (Å²) in [6.07, 6.45) is 6.79. The van der Waals surface area contributed by atoms with Crippen molar-refractivity contribution in [2.45, 2.75) is 45.6 Å². The van der Waals surface area contributed by atoms with Crippen LogP contribution in [-0.2, 0) is 6.54 Å². The van der Waals surface area contributed by atoms with Gasteiger partial charge in [0.2, 0.25) is 0 Å². The van der Waals surface area contributed by atoms with E-state index in [0.29, 0.717) is 0 Å². The van der Waals surface area contributed by atoms with Gasteiger partial charge in [0.05, 0.1) is 0 Å². The van der Waals surface area contributed by atoms with Crippen LogP contribution in [0.1, 0.15) is 44.6 Å². The van der Waals surface area contributed by atoms with Gasteiger partial charge in [-0.2, -0.15) is 0 Å². The largest absolute Gasteiger partial charge is 0.312 e. The van der Waals surface area contributed by atoms with Gasteiger partial charge in [0.25, 0.3) is 0 Å². The predicted octanol–water partition coefficient (Wildman–Crippen LogP) is 4.89. The summed E-state index contributed by atoms with van der Waals surface area (Å²) in [4.78, 5) is 0. The molecule has 0 amide bonds. The van der Waals surface area contributed by atoms with Crippen molar-refractivity contribution in [3.05, 3.63) is 34.1 Å². The first-order chi connectivity index (χ1) is 9.17. The molecule has 1 aromatic rings. The van der Waals surface area contributed by atoms with Crippen molar-refractivity contribution in [2.75, 3.05) is 6.54 Å². The molecule has 1 saturated carbocycles. The summed E-state index contributed by atoms with van der Waals surface area (Å²) < 4.78 is 14.0. The topological polar surface area (TPSA) is 12.0 Å². The van der Waals surface area contributed by atoms with E-state index >= 15 is 0 Å². The maximum Gasteiger partial charge on any atom is 0.124 e. The normalized spacial score (nSPS) is 23.5. The number of nitrogens with one attached hydrogen (secondary N) is 1. The van der Waals surface area contributed by atoms with Crippen LogP contribution in [0.25, 0.3) is 0 Å². The number of rotatable bonds is 5. The lowest BCUT2D eigenvalue weighted by Gasteiger charge is -2.27. The minimum atomic E-state index is -0.172. The number of benzene rings is 1. The van der Waals surface area contributed by atoms with E-state index in [1.165, 1.54) is 38.2 Å². The van der Waals surface area contributed by atoms with Crippen LogP contribution < -0.4 is 5.32 Å². The summed E-state index contributed by atoms with van der Waals surface area (Å²) in [6, 6.07) is 5.07. The fraction of sp³-hybridized carbons (Fsp3) is 0.625. The fourth-order valence-corrected chi connectivity index (χ4v) is 3.49. The van der Waals surface area contributed by atoms with Crippen molar-refractivity contribution in [1.82, 2.24) is 5.32 Å². The molecular weight excluding hydrogens is 305 g/mol. The zero-order valence-corrected chi connectivity index (χ0v) is 13.2. The highest BCUT2D eigenvalue weighted by molar-refractivity contribution is 9.10. The molecule has 0 aliphatic heterocycles. The van der Waals surface area contributed by atoms with Crippen LogP contribution in [0, 0.1) is 17.7 Å². The molecule has 1 nitrogen and oxygen atoms in total. The zero-order valence-electron chi connectivity index (χ0n) is 11.6. The highest BCUT2D eigenvalue weighted by atomic mass is 79.9. The first-order valence-corrected chi connectivity index (χ1v) is 8.12. The maximum atomic E-state index is 13.2. The van der Waals surface area contributed by atoms with Gasteiger partial charge in [-0.3, -0.25) is 0 Å². The van der Waals surface area contributed by atoms with E-state index in [-0.39, 0.29) is 5.82 Å². The van der Waals surface area contributed by atoms with Crippen LogP contribution in [0.15, 0.2) is 22.7 Å². The molecule has 0 aromatic heterocycles. The molecule has 3 heteroatoms. The van der Waals surface area contributed by atoms with Gasteiger partial charge in [-0.05, 0) is 55.0 Å². The molecular formula is C16H23BrFN. The summed E-state index contributed by atoms with van der Waals surface area (Å²) in [5.74, 6) is 1.59. The van der Waals surface area contributed by atoms with Crippen molar-refractivity contribution < 1.29 is 4.39 Å². The molecule has 19 heavy (non-hydrogen) atoms. The Labute approximate surface area is 124 Å². The van der Waals surface area contributed by atoms with E-state index in [1.807, 2.05) is 6.07 Å². The highest BCUT2D eigenvalue weighted by Gasteiger charge is 2.19. The Balaban J connectivity index is 1.72. The van der Waals surface area contributed by atoms with E-state index in [2.05, 4.69) is 28.2 Å². The van der Waals surface area contributed by atoms with E-state index in [1.54, 1.807) is 6.07 Å². The highest BCUT2D eigenvalue weighted by Crippen LogP contribution is 2.30. The second kappa shape index (κ2) is 7.39. The van der Waals surface area contributed by atoms with Crippen molar-refractivity contribution in [2.24, 2.45) is 11.8 Å². The molecule has 1 aromatic carbocycles. The Morgan fingerprint density at radius 1 is 1.16 bits per heavy atom. The van der Waals surface area contributed by atoms with Crippen LogP contribution >= 0.6 is 15.9 Å². The third kappa shape index (κ3) is 4.88. The van der Waals surface area contributed by atoms with E-state index in [9.17, 15) is 4.39 Å². The first kappa shape index (κ1) is 15.0.